The van der Waals surface area contributed by atoms with E-state index in [-0.39, 0.29) is 5.92 Å². The number of aromatic nitrogens is 1. The molecule has 0 aliphatic heterocycles. The molecule has 2 nitrogen and oxygen atoms in total. The van der Waals surface area contributed by atoms with Crippen LogP contribution < -0.4 is 4.74 Å². The SMILES string of the molecule is COc1ccc2nc(C3=CCC(/C=C/c4ccc(C(F)(F)F)cc4)C=C3)sc2c1. The molecule has 148 valence electrons. The molecule has 0 amide bonds. The molecule has 6 heteroatoms. The Bertz CT molecular complexity index is 1110. The van der Waals surface area contributed by atoms with Crippen molar-refractivity contribution in [1.82, 2.24) is 4.98 Å². The van der Waals surface area contributed by atoms with Crippen molar-refractivity contribution in [3.63, 3.8) is 0 Å². The molecule has 1 aliphatic carbocycles. The molecule has 0 saturated carbocycles. The molecule has 2 aromatic carbocycles. The van der Waals surface area contributed by atoms with Crippen LogP contribution >= 0.6 is 11.3 Å². The van der Waals surface area contributed by atoms with Gasteiger partial charge in [-0.1, -0.05) is 42.5 Å². The van der Waals surface area contributed by atoms with E-state index in [9.17, 15) is 13.2 Å². The lowest BCUT2D eigenvalue weighted by Crippen LogP contribution is -2.04. The predicted octanol–water partition coefficient (Wildman–Crippen LogP) is 7.00. The van der Waals surface area contributed by atoms with E-state index in [0.717, 1.165) is 50.7 Å². The van der Waals surface area contributed by atoms with Crippen molar-refractivity contribution in [2.45, 2.75) is 12.6 Å². The van der Waals surface area contributed by atoms with Crippen LogP contribution in [0.25, 0.3) is 21.9 Å². The number of benzene rings is 2. The van der Waals surface area contributed by atoms with E-state index in [1.807, 2.05) is 30.4 Å². The fourth-order valence-corrected chi connectivity index (χ4v) is 4.13. The highest BCUT2D eigenvalue weighted by Gasteiger charge is 2.29. The molecule has 0 spiro atoms. The number of fused-ring (bicyclic) bond motifs is 1. The molecular formula is C23H18F3NOS. The van der Waals surface area contributed by atoms with Gasteiger partial charge in [-0.25, -0.2) is 4.98 Å². The summed E-state index contributed by atoms with van der Waals surface area (Å²) in [7, 11) is 1.65. The van der Waals surface area contributed by atoms with Crippen LogP contribution in [0.15, 0.2) is 66.8 Å². The summed E-state index contributed by atoms with van der Waals surface area (Å²) in [6, 6.07) is 11.0. The van der Waals surface area contributed by atoms with Crippen LogP contribution in [0.3, 0.4) is 0 Å². The van der Waals surface area contributed by atoms with Gasteiger partial charge in [-0.05, 0) is 48.2 Å². The largest absolute Gasteiger partial charge is 0.497 e. The van der Waals surface area contributed by atoms with Gasteiger partial charge in [-0.15, -0.1) is 11.3 Å². The van der Waals surface area contributed by atoms with Crippen LogP contribution in [0.5, 0.6) is 5.75 Å². The topological polar surface area (TPSA) is 22.1 Å². The van der Waals surface area contributed by atoms with Crippen LogP contribution in [0.4, 0.5) is 13.2 Å². The molecule has 1 heterocycles. The third-order valence-corrected chi connectivity index (χ3v) is 5.82. The van der Waals surface area contributed by atoms with Crippen molar-refractivity contribution in [3.05, 3.63) is 82.9 Å². The summed E-state index contributed by atoms with van der Waals surface area (Å²) in [4.78, 5) is 4.69. The number of thiazole rings is 1. The lowest BCUT2D eigenvalue weighted by Gasteiger charge is -2.11. The minimum Gasteiger partial charge on any atom is -0.497 e. The quantitative estimate of drug-likeness (QED) is 0.460. The van der Waals surface area contributed by atoms with E-state index in [2.05, 4.69) is 18.2 Å². The van der Waals surface area contributed by atoms with Gasteiger partial charge in [0.1, 0.15) is 10.8 Å². The number of ether oxygens (including phenoxy) is 1. The third kappa shape index (κ3) is 4.43. The summed E-state index contributed by atoms with van der Waals surface area (Å²) in [5.41, 5.74) is 2.16. The summed E-state index contributed by atoms with van der Waals surface area (Å²) in [5, 5.41) is 0.967. The number of alkyl halides is 3. The lowest BCUT2D eigenvalue weighted by atomic mass is 9.96. The molecule has 0 fully saturated rings. The van der Waals surface area contributed by atoms with Gasteiger partial charge in [0, 0.05) is 5.57 Å². The minimum atomic E-state index is -4.30. The van der Waals surface area contributed by atoms with Crippen LogP contribution in [-0.4, -0.2) is 12.1 Å². The molecule has 29 heavy (non-hydrogen) atoms. The van der Waals surface area contributed by atoms with Gasteiger partial charge in [0.25, 0.3) is 0 Å². The van der Waals surface area contributed by atoms with Gasteiger partial charge in [-0.2, -0.15) is 13.2 Å². The number of methoxy groups -OCH3 is 1. The number of allylic oxidation sites excluding steroid dienone is 5. The molecule has 1 aromatic heterocycles. The predicted molar refractivity (Wildman–Crippen MR) is 112 cm³/mol. The zero-order chi connectivity index (χ0) is 20.4. The zero-order valence-corrected chi connectivity index (χ0v) is 16.4. The van der Waals surface area contributed by atoms with Gasteiger partial charge >= 0.3 is 6.18 Å². The lowest BCUT2D eigenvalue weighted by molar-refractivity contribution is -0.137. The number of hydrogen-bond acceptors (Lipinski definition) is 3. The molecule has 3 aromatic rings. The summed E-state index contributed by atoms with van der Waals surface area (Å²) >= 11 is 1.63. The van der Waals surface area contributed by atoms with E-state index in [4.69, 9.17) is 9.72 Å². The smallest absolute Gasteiger partial charge is 0.416 e. The van der Waals surface area contributed by atoms with Crippen LogP contribution in [-0.2, 0) is 6.18 Å². The number of halogens is 3. The molecule has 0 radical (unpaired) electrons. The zero-order valence-electron chi connectivity index (χ0n) is 15.6. The molecule has 0 bridgehead atoms. The molecule has 0 N–H and O–H groups in total. The van der Waals surface area contributed by atoms with Gasteiger partial charge < -0.3 is 4.74 Å². The molecule has 0 saturated heterocycles. The first-order valence-corrected chi connectivity index (χ1v) is 9.93. The Morgan fingerprint density at radius 2 is 1.93 bits per heavy atom. The first-order chi connectivity index (χ1) is 13.9. The maximum absolute atomic E-state index is 12.6. The van der Waals surface area contributed by atoms with E-state index in [0.29, 0.717) is 0 Å². The Morgan fingerprint density at radius 1 is 1.14 bits per heavy atom. The standard InChI is InChI=1S/C23H18F3NOS/c1-28-19-12-13-20-21(14-19)29-22(27-20)17-8-4-15(5-9-17)2-3-16-6-10-18(11-7-16)23(24,25)26/h2-4,6-15H,5H2,1H3/b3-2+. The second-order valence-electron chi connectivity index (χ2n) is 6.75. The summed E-state index contributed by atoms with van der Waals surface area (Å²) in [5.74, 6) is 1.02. The van der Waals surface area contributed by atoms with Crippen molar-refractivity contribution in [1.29, 1.82) is 0 Å². The van der Waals surface area contributed by atoms with Gasteiger partial charge in [-0.3, -0.25) is 0 Å². The number of nitrogens with zero attached hydrogens (tertiary/aromatic N) is 1. The normalized spacial score (nSPS) is 17.1. The van der Waals surface area contributed by atoms with Crippen molar-refractivity contribution in [2.24, 2.45) is 5.92 Å². The average molecular weight is 413 g/mol. The van der Waals surface area contributed by atoms with Crippen molar-refractivity contribution in [3.8, 4) is 5.75 Å². The van der Waals surface area contributed by atoms with Crippen molar-refractivity contribution in [2.75, 3.05) is 7.11 Å². The fraction of sp³-hybridized carbons (Fsp3) is 0.174. The van der Waals surface area contributed by atoms with E-state index >= 15 is 0 Å². The Labute approximate surface area is 170 Å². The molecule has 1 atom stereocenters. The van der Waals surface area contributed by atoms with Gasteiger partial charge in [0.15, 0.2) is 0 Å². The summed E-state index contributed by atoms with van der Waals surface area (Å²) in [6.07, 6.45) is 6.69. The van der Waals surface area contributed by atoms with E-state index in [1.54, 1.807) is 18.4 Å². The van der Waals surface area contributed by atoms with Crippen molar-refractivity contribution >= 4 is 33.2 Å². The summed E-state index contributed by atoms with van der Waals surface area (Å²) in [6.45, 7) is 0. The Kier molecular flexibility index (Phi) is 5.28. The fourth-order valence-electron chi connectivity index (χ4n) is 3.11. The maximum Gasteiger partial charge on any atom is 0.416 e. The average Bonchev–Trinajstić information content (AvgIpc) is 3.15. The second-order valence-corrected chi connectivity index (χ2v) is 7.78. The summed E-state index contributed by atoms with van der Waals surface area (Å²) < 4.78 is 44.2. The molecular weight excluding hydrogens is 395 g/mol. The maximum atomic E-state index is 12.6. The first-order valence-electron chi connectivity index (χ1n) is 9.11. The minimum absolute atomic E-state index is 0.204. The first kappa shape index (κ1) is 19.5. The van der Waals surface area contributed by atoms with E-state index < -0.39 is 11.7 Å². The third-order valence-electron chi connectivity index (χ3n) is 4.75. The van der Waals surface area contributed by atoms with Crippen LogP contribution in [0.1, 0.15) is 22.6 Å². The Hall–Kier alpha value is -2.86. The molecule has 1 unspecified atom stereocenters. The molecule has 1 aliphatic rings. The molecule has 4 rings (SSSR count). The van der Waals surface area contributed by atoms with Crippen molar-refractivity contribution < 1.29 is 17.9 Å². The monoisotopic (exact) mass is 413 g/mol. The highest BCUT2D eigenvalue weighted by Crippen LogP contribution is 2.33. The second kappa shape index (κ2) is 7.87. The number of hydrogen-bond donors (Lipinski definition) is 0. The van der Waals surface area contributed by atoms with E-state index in [1.165, 1.54) is 12.1 Å². The highest BCUT2D eigenvalue weighted by molar-refractivity contribution is 7.19. The van der Waals surface area contributed by atoms with Gasteiger partial charge in [0.05, 0.1) is 22.9 Å². The Morgan fingerprint density at radius 3 is 2.59 bits per heavy atom. The highest BCUT2D eigenvalue weighted by atomic mass is 32.1. The van der Waals surface area contributed by atoms with Crippen LogP contribution in [0, 0.1) is 5.92 Å². The van der Waals surface area contributed by atoms with Crippen LogP contribution in [0.2, 0.25) is 0 Å². The van der Waals surface area contributed by atoms with Gasteiger partial charge in [0.2, 0.25) is 0 Å². The number of rotatable bonds is 4. The Balaban J connectivity index is 1.43.